The molecule has 5 rings (SSSR count). The van der Waals surface area contributed by atoms with Gasteiger partial charge in [0.1, 0.15) is 0 Å². The Bertz CT molecular complexity index is 1600. The first kappa shape index (κ1) is 31.3. The van der Waals surface area contributed by atoms with Crippen LogP contribution in [0.5, 0.6) is 0 Å². The summed E-state index contributed by atoms with van der Waals surface area (Å²) in [4.78, 5) is 0. The molecule has 0 aromatic heterocycles. The summed E-state index contributed by atoms with van der Waals surface area (Å²) in [6, 6.07) is 20.3. The third kappa shape index (κ3) is 4.79. The number of aryl methyl sites for hydroxylation is 2. The van der Waals surface area contributed by atoms with Crippen molar-refractivity contribution in [2.75, 3.05) is 0 Å². The molecular formula is C37H46Cl2SiZr. The average molecular weight is 681 g/mol. The number of hydrogen-bond donors (Lipinski definition) is 0. The van der Waals surface area contributed by atoms with Crippen LogP contribution >= 0.6 is 17.0 Å². The molecule has 0 bridgehead atoms. The Morgan fingerprint density at radius 2 is 1.00 bits per heavy atom. The van der Waals surface area contributed by atoms with Crippen LogP contribution in [0.2, 0.25) is 6.55 Å². The molecular weight excluding hydrogens is 635 g/mol. The maximum atomic E-state index is 8.75. The van der Waals surface area contributed by atoms with Crippen molar-refractivity contribution in [2.24, 2.45) is 0 Å². The molecule has 0 fully saturated rings. The van der Waals surface area contributed by atoms with E-state index in [1.165, 1.54) is 60.8 Å². The van der Waals surface area contributed by atoms with Crippen LogP contribution in [-0.2, 0) is 25.8 Å². The Hall–Kier alpha value is -1.18. The summed E-state index contributed by atoms with van der Waals surface area (Å²) in [7, 11) is 17.5. The van der Waals surface area contributed by atoms with E-state index in [0.29, 0.717) is 0 Å². The van der Waals surface area contributed by atoms with Gasteiger partial charge in [-0.2, -0.15) is 0 Å². The van der Waals surface area contributed by atoms with Crippen molar-refractivity contribution in [2.45, 2.75) is 93.9 Å². The van der Waals surface area contributed by atoms with Gasteiger partial charge in [-0.1, -0.05) is 0 Å². The van der Waals surface area contributed by atoms with Gasteiger partial charge in [-0.15, -0.1) is 0 Å². The minimum atomic E-state index is -5.01. The van der Waals surface area contributed by atoms with E-state index in [1.807, 2.05) is 0 Å². The number of benzene rings is 3. The summed E-state index contributed by atoms with van der Waals surface area (Å²) in [6.45, 7) is 25.5. The van der Waals surface area contributed by atoms with Crippen LogP contribution < -0.4 is 5.19 Å². The molecule has 2 atom stereocenters. The Kier molecular flexibility index (Phi) is 7.77. The number of allylic oxidation sites excluding steroid dienone is 2. The van der Waals surface area contributed by atoms with Gasteiger partial charge in [-0.05, 0) is 0 Å². The second-order valence-electron chi connectivity index (χ2n) is 14.8. The third-order valence-electron chi connectivity index (χ3n) is 9.84. The molecule has 0 nitrogen and oxygen atoms in total. The normalized spacial score (nSPS) is 19.1. The summed E-state index contributed by atoms with van der Waals surface area (Å²) in [5.74, 6) is 0. The van der Waals surface area contributed by atoms with Crippen LogP contribution in [0.25, 0.3) is 12.2 Å². The van der Waals surface area contributed by atoms with Crippen molar-refractivity contribution in [1.29, 1.82) is 0 Å². The van der Waals surface area contributed by atoms with E-state index < -0.39 is 20.4 Å². The molecule has 3 aromatic rings. The molecule has 0 amide bonds. The summed E-state index contributed by atoms with van der Waals surface area (Å²) in [5, 5.41) is 1.35. The first-order valence-electron chi connectivity index (χ1n) is 15.0. The second kappa shape index (κ2) is 10.2. The molecule has 4 heteroatoms. The van der Waals surface area contributed by atoms with E-state index in [-0.39, 0.29) is 18.1 Å². The SMILES string of the molecule is CC1=Cc2c(C(C)(C)C)ccc(C)c2[CH]1[Zr]([Cl])([Cl])([CH]1C(C)=Cc2c(C(C)(C)C)ccc(C)c21)=[Si](C)c1ccccc1. The van der Waals surface area contributed by atoms with Gasteiger partial charge in [0.15, 0.2) is 0 Å². The predicted molar refractivity (Wildman–Crippen MR) is 182 cm³/mol. The topological polar surface area (TPSA) is 0 Å². The van der Waals surface area contributed by atoms with Gasteiger partial charge >= 0.3 is 259 Å². The summed E-state index contributed by atoms with van der Waals surface area (Å²) in [5.41, 5.74) is 12.3. The molecule has 3 aromatic carbocycles. The monoisotopic (exact) mass is 678 g/mol. The van der Waals surface area contributed by atoms with Crippen LogP contribution in [0.4, 0.5) is 0 Å². The number of halogens is 2. The van der Waals surface area contributed by atoms with Gasteiger partial charge in [-0.3, -0.25) is 0 Å². The number of rotatable bonds is 3. The van der Waals surface area contributed by atoms with E-state index in [9.17, 15) is 0 Å². The van der Waals surface area contributed by atoms with Gasteiger partial charge in [0, 0.05) is 0 Å². The Morgan fingerprint density at radius 1 is 0.610 bits per heavy atom. The fraction of sp³-hybridized carbons (Fsp3) is 0.405. The third-order valence-corrected chi connectivity index (χ3v) is 52.7. The molecule has 0 heterocycles. The minimum absolute atomic E-state index is 0.0286. The zero-order valence-electron chi connectivity index (χ0n) is 26.8. The van der Waals surface area contributed by atoms with E-state index in [4.69, 9.17) is 17.0 Å². The van der Waals surface area contributed by atoms with E-state index in [0.717, 1.165) is 0 Å². The van der Waals surface area contributed by atoms with Crippen molar-refractivity contribution in [3.63, 3.8) is 0 Å². The maximum absolute atomic E-state index is 8.75. The van der Waals surface area contributed by atoms with Crippen molar-refractivity contribution in [3.05, 3.63) is 110 Å². The van der Waals surface area contributed by atoms with Gasteiger partial charge in [0.25, 0.3) is 0 Å². The zero-order valence-corrected chi connectivity index (χ0v) is 31.7. The van der Waals surface area contributed by atoms with Crippen molar-refractivity contribution in [1.82, 2.24) is 0 Å². The van der Waals surface area contributed by atoms with Crippen LogP contribution in [0.15, 0.2) is 65.7 Å². The standard InChI is InChI=1S/2C15H19.C7H8Si.2ClH.Zr/c2*1-10-8-12-11(2)6-7-14(13(12)9-10)15(3,4)5;1-8-7-5-3-2-4-6-7;;;/h2*6-9H,1-5H3;2-6H,1H3;2*1H;/q;;;;;+2/p-2. The fourth-order valence-corrected chi connectivity index (χ4v) is 46.4. The van der Waals surface area contributed by atoms with Crippen LogP contribution in [0, 0.1) is 13.8 Å². The molecule has 0 radical (unpaired) electrons. The van der Waals surface area contributed by atoms with Crippen LogP contribution in [0.1, 0.15) is 107 Å². The van der Waals surface area contributed by atoms with Gasteiger partial charge < -0.3 is 0 Å². The Balaban J connectivity index is 1.96. The van der Waals surface area contributed by atoms with E-state index in [2.05, 4.69) is 143 Å². The summed E-state index contributed by atoms with van der Waals surface area (Å²) >= 11 is -5.01. The van der Waals surface area contributed by atoms with Crippen molar-refractivity contribution < 1.29 is 15.0 Å². The van der Waals surface area contributed by atoms with Gasteiger partial charge in [0.2, 0.25) is 0 Å². The molecule has 2 unspecified atom stereocenters. The average Bonchev–Trinajstić information content (AvgIpc) is 3.41. The van der Waals surface area contributed by atoms with E-state index in [1.54, 1.807) is 0 Å². The number of fused-ring (bicyclic) bond motifs is 2. The molecule has 0 spiro atoms. The van der Waals surface area contributed by atoms with Crippen molar-refractivity contribution >= 4 is 39.8 Å². The zero-order chi connectivity index (χ0) is 30.3. The van der Waals surface area contributed by atoms with Gasteiger partial charge in [-0.25, -0.2) is 0 Å². The molecule has 0 N–H and O–H groups in total. The summed E-state index contributed by atoms with van der Waals surface area (Å²) < 4.78 is 0.126. The van der Waals surface area contributed by atoms with Crippen LogP contribution in [0.3, 0.4) is 0 Å². The molecule has 216 valence electrons. The van der Waals surface area contributed by atoms with E-state index >= 15 is 0 Å². The molecule has 2 aliphatic rings. The number of hydrogen-bond acceptors (Lipinski definition) is 0. The molecule has 0 aliphatic heterocycles. The fourth-order valence-electron chi connectivity index (χ4n) is 7.88. The predicted octanol–water partition coefficient (Wildman–Crippen LogP) is 11.0. The quantitative estimate of drug-likeness (QED) is 0.242. The first-order valence-corrected chi connectivity index (χ1v) is 29.9. The Labute approximate surface area is 257 Å². The molecule has 41 heavy (non-hydrogen) atoms. The second-order valence-corrected chi connectivity index (χ2v) is 51.6. The molecule has 0 saturated carbocycles. The summed E-state index contributed by atoms with van der Waals surface area (Å²) in [6.07, 6.45) is 4.89. The van der Waals surface area contributed by atoms with Gasteiger partial charge in [0.05, 0.1) is 0 Å². The Morgan fingerprint density at radius 3 is 1.37 bits per heavy atom. The first-order chi connectivity index (χ1) is 18.9. The van der Waals surface area contributed by atoms with Crippen LogP contribution in [-0.4, -0.2) is 5.43 Å². The van der Waals surface area contributed by atoms with Crippen molar-refractivity contribution in [3.8, 4) is 0 Å². The molecule has 0 saturated heterocycles. The molecule has 2 aliphatic carbocycles.